The molecule has 0 unspecified atom stereocenters. The summed E-state index contributed by atoms with van der Waals surface area (Å²) in [6, 6.07) is 10.3. The Morgan fingerprint density at radius 3 is 2.61 bits per heavy atom. The SMILES string of the molecule is C#CCOC(=O)c1ccc(OCc2ccc(Cl)c(Cl)c2)c(I)c1. The zero-order chi connectivity index (χ0) is 16.8. The largest absolute Gasteiger partial charge is 0.488 e. The Morgan fingerprint density at radius 1 is 1.17 bits per heavy atom. The first-order valence-corrected chi connectivity index (χ1v) is 8.31. The van der Waals surface area contributed by atoms with Gasteiger partial charge in [-0.2, -0.15) is 0 Å². The monoisotopic (exact) mass is 460 g/mol. The molecule has 0 fully saturated rings. The lowest BCUT2D eigenvalue weighted by molar-refractivity contribution is 0.0556. The van der Waals surface area contributed by atoms with Crippen molar-refractivity contribution in [2.24, 2.45) is 0 Å². The predicted molar refractivity (Wildman–Crippen MR) is 99.1 cm³/mol. The van der Waals surface area contributed by atoms with Crippen molar-refractivity contribution in [1.29, 1.82) is 0 Å². The van der Waals surface area contributed by atoms with Crippen LogP contribution in [-0.2, 0) is 11.3 Å². The molecule has 0 heterocycles. The first kappa shape index (κ1) is 17.9. The Bertz CT molecular complexity index is 769. The fraction of sp³-hybridized carbons (Fsp3) is 0.118. The first-order valence-electron chi connectivity index (χ1n) is 6.48. The Labute approximate surface area is 158 Å². The standard InChI is InChI=1S/C17H11Cl2IO3/c1-2-7-22-17(21)12-4-6-16(15(20)9-12)23-10-11-3-5-13(18)14(19)8-11/h1,3-6,8-9H,7,10H2. The molecular weight excluding hydrogens is 450 g/mol. The molecule has 23 heavy (non-hydrogen) atoms. The van der Waals surface area contributed by atoms with Crippen LogP contribution >= 0.6 is 45.8 Å². The summed E-state index contributed by atoms with van der Waals surface area (Å²) in [6.45, 7) is 0.290. The number of hydrogen-bond donors (Lipinski definition) is 0. The Kier molecular flexibility index (Phi) is 6.58. The van der Waals surface area contributed by atoms with E-state index in [2.05, 4.69) is 28.5 Å². The summed E-state index contributed by atoms with van der Waals surface area (Å²) >= 11 is 13.9. The molecule has 2 rings (SSSR count). The van der Waals surface area contributed by atoms with E-state index in [0.29, 0.717) is 28.0 Å². The van der Waals surface area contributed by atoms with Gasteiger partial charge >= 0.3 is 5.97 Å². The smallest absolute Gasteiger partial charge is 0.339 e. The number of halogens is 3. The van der Waals surface area contributed by atoms with Crippen LogP contribution in [0.15, 0.2) is 36.4 Å². The van der Waals surface area contributed by atoms with Gasteiger partial charge in [-0.3, -0.25) is 0 Å². The Morgan fingerprint density at radius 2 is 1.96 bits per heavy atom. The fourth-order valence-electron chi connectivity index (χ4n) is 1.73. The second kappa shape index (κ2) is 8.44. The van der Waals surface area contributed by atoms with Gasteiger partial charge in [0.2, 0.25) is 0 Å². The van der Waals surface area contributed by atoms with Gasteiger partial charge in [0.1, 0.15) is 12.4 Å². The fourth-order valence-corrected chi connectivity index (χ4v) is 2.72. The Balaban J connectivity index is 2.05. The number of benzene rings is 2. The molecule has 0 atom stereocenters. The minimum Gasteiger partial charge on any atom is -0.488 e. The van der Waals surface area contributed by atoms with Gasteiger partial charge in [0.15, 0.2) is 6.61 Å². The van der Waals surface area contributed by atoms with Gasteiger partial charge in [-0.05, 0) is 58.5 Å². The highest BCUT2D eigenvalue weighted by Crippen LogP contribution is 2.26. The van der Waals surface area contributed by atoms with Crippen molar-refractivity contribution in [3.8, 4) is 18.1 Å². The molecule has 0 radical (unpaired) electrons. The molecule has 0 aliphatic heterocycles. The van der Waals surface area contributed by atoms with Gasteiger partial charge in [-0.1, -0.05) is 35.2 Å². The Hall–Kier alpha value is -1.42. The minimum absolute atomic E-state index is 0.0506. The third-order valence-corrected chi connectivity index (χ3v) is 4.41. The van der Waals surface area contributed by atoms with Crippen LogP contribution in [0.3, 0.4) is 0 Å². The highest BCUT2D eigenvalue weighted by atomic mass is 127. The summed E-state index contributed by atoms with van der Waals surface area (Å²) in [5, 5.41) is 0.980. The molecule has 3 nitrogen and oxygen atoms in total. The quantitative estimate of drug-likeness (QED) is 0.359. The molecule has 0 saturated heterocycles. The van der Waals surface area contributed by atoms with Crippen LogP contribution in [0.1, 0.15) is 15.9 Å². The number of carbonyl (C=O) groups is 1. The van der Waals surface area contributed by atoms with E-state index in [1.165, 1.54) is 0 Å². The van der Waals surface area contributed by atoms with Crippen molar-refractivity contribution in [2.45, 2.75) is 6.61 Å². The number of hydrogen-bond acceptors (Lipinski definition) is 3. The van der Waals surface area contributed by atoms with Crippen molar-refractivity contribution >= 4 is 51.8 Å². The zero-order valence-electron chi connectivity index (χ0n) is 11.8. The van der Waals surface area contributed by atoms with Gasteiger partial charge in [-0.25, -0.2) is 4.79 Å². The average molecular weight is 461 g/mol. The van der Waals surface area contributed by atoms with Gasteiger partial charge in [0.25, 0.3) is 0 Å². The van der Waals surface area contributed by atoms with Crippen molar-refractivity contribution < 1.29 is 14.3 Å². The third-order valence-electron chi connectivity index (χ3n) is 2.83. The molecule has 118 valence electrons. The molecule has 0 bridgehead atoms. The van der Waals surface area contributed by atoms with Crippen LogP contribution in [0.2, 0.25) is 10.0 Å². The van der Waals surface area contributed by atoms with Crippen molar-refractivity contribution in [1.82, 2.24) is 0 Å². The predicted octanol–water partition coefficient (Wildman–Crippen LogP) is 4.97. The normalized spacial score (nSPS) is 10.0. The molecule has 2 aromatic rings. The number of terminal acetylenes is 1. The third kappa shape index (κ3) is 5.03. The number of carbonyl (C=O) groups excluding carboxylic acids is 1. The number of ether oxygens (including phenoxy) is 2. The molecule has 0 N–H and O–H groups in total. The van der Waals surface area contributed by atoms with Crippen LogP contribution in [0, 0.1) is 15.9 Å². The maximum Gasteiger partial charge on any atom is 0.339 e. The maximum atomic E-state index is 11.7. The molecule has 0 aliphatic rings. The van der Waals surface area contributed by atoms with E-state index in [-0.39, 0.29) is 6.61 Å². The van der Waals surface area contributed by atoms with E-state index in [0.717, 1.165) is 9.13 Å². The maximum absolute atomic E-state index is 11.7. The molecular formula is C17H11Cl2IO3. The van der Waals surface area contributed by atoms with E-state index >= 15 is 0 Å². The van der Waals surface area contributed by atoms with Gasteiger partial charge in [-0.15, -0.1) is 6.42 Å². The molecule has 0 aromatic heterocycles. The van der Waals surface area contributed by atoms with Crippen LogP contribution in [0.5, 0.6) is 5.75 Å². The second-order valence-electron chi connectivity index (χ2n) is 4.46. The van der Waals surface area contributed by atoms with E-state index in [1.54, 1.807) is 30.3 Å². The van der Waals surface area contributed by atoms with Crippen LogP contribution in [0.4, 0.5) is 0 Å². The molecule has 6 heteroatoms. The van der Waals surface area contributed by atoms with E-state index < -0.39 is 5.97 Å². The summed E-state index contributed by atoms with van der Waals surface area (Å²) in [5.74, 6) is 2.45. The van der Waals surface area contributed by atoms with Crippen LogP contribution in [0.25, 0.3) is 0 Å². The molecule has 0 saturated carbocycles. The molecule has 2 aromatic carbocycles. The summed E-state index contributed by atoms with van der Waals surface area (Å²) in [4.78, 5) is 11.7. The summed E-state index contributed by atoms with van der Waals surface area (Å²) in [6.07, 6.45) is 5.06. The highest BCUT2D eigenvalue weighted by Gasteiger charge is 2.10. The van der Waals surface area contributed by atoms with Gasteiger partial charge < -0.3 is 9.47 Å². The van der Waals surface area contributed by atoms with Crippen molar-refractivity contribution in [3.05, 3.63) is 61.1 Å². The van der Waals surface area contributed by atoms with Crippen LogP contribution in [-0.4, -0.2) is 12.6 Å². The van der Waals surface area contributed by atoms with Crippen LogP contribution < -0.4 is 4.74 Å². The summed E-state index contributed by atoms with van der Waals surface area (Å²) in [5.41, 5.74) is 1.32. The number of rotatable bonds is 5. The van der Waals surface area contributed by atoms with Crippen molar-refractivity contribution in [2.75, 3.05) is 6.61 Å². The van der Waals surface area contributed by atoms with Crippen molar-refractivity contribution in [3.63, 3.8) is 0 Å². The van der Waals surface area contributed by atoms with Gasteiger partial charge in [0.05, 0.1) is 19.2 Å². The van der Waals surface area contributed by atoms with Gasteiger partial charge in [0, 0.05) is 0 Å². The lowest BCUT2D eigenvalue weighted by Crippen LogP contribution is -2.06. The topological polar surface area (TPSA) is 35.5 Å². The molecule has 0 amide bonds. The zero-order valence-corrected chi connectivity index (χ0v) is 15.5. The summed E-state index contributed by atoms with van der Waals surface area (Å²) in [7, 11) is 0. The van der Waals surface area contributed by atoms with E-state index in [1.807, 2.05) is 6.07 Å². The second-order valence-corrected chi connectivity index (χ2v) is 6.44. The summed E-state index contributed by atoms with van der Waals surface area (Å²) < 4.78 is 11.4. The highest BCUT2D eigenvalue weighted by molar-refractivity contribution is 14.1. The average Bonchev–Trinajstić information content (AvgIpc) is 2.54. The number of esters is 1. The molecule has 0 aliphatic carbocycles. The lowest BCUT2D eigenvalue weighted by Gasteiger charge is -2.10. The molecule has 0 spiro atoms. The minimum atomic E-state index is -0.461. The van der Waals surface area contributed by atoms with E-state index in [4.69, 9.17) is 39.1 Å². The van der Waals surface area contributed by atoms with E-state index in [9.17, 15) is 4.79 Å². The first-order chi connectivity index (χ1) is 11.0. The lowest BCUT2D eigenvalue weighted by atomic mass is 10.2.